The van der Waals surface area contributed by atoms with Crippen molar-refractivity contribution in [3.63, 3.8) is 0 Å². The summed E-state index contributed by atoms with van der Waals surface area (Å²) in [7, 11) is 0. The minimum atomic E-state index is 0.0972. The van der Waals surface area contributed by atoms with Crippen LogP contribution in [0.3, 0.4) is 0 Å². The first-order chi connectivity index (χ1) is 5.72. The van der Waals surface area contributed by atoms with Gasteiger partial charge >= 0.3 is 0 Å². The Bertz CT molecular complexity index is 71.7. The first-order valence-electron chi connectivity index (χ1n) is 3.98. The minimum Gasteiger partial charge on any atom is -0.395 e. The van der Waals surface area contributed by atoms with Gasteiger partial charge in [0, 0.05) is 19.1 Å². The summed E-state index contributed by atoms with van der Waals surface area (Å²) in [6, 6.07) is 0.0992. The Morgan fingerprint density at radius 3 is 2.00 bits per heavy atom. The molecule has 1 unspecified atom stereocenters. The van der Waals surface area contributed by atoms with Crippen molar-refractivity contribution in [1.29, 1.82) is 0 Å². The van der Waals surface area contributed by atoms with E-state index in [4.69, 9.17) is 21.1 Å². The third kappa shape index (κ3) is 16.4. The zero-order valence-electron chi connectivity index (χ0n) is 7.53. The van der Waals surface area contributed by atoms with E-state index in [1.807, 2.05) is 6.92 Å². The number of nitrogens with two attached hydrogens (primary N) is 1. The summed E-state index contributed by atoms with van der Waals surface area (Å²) in [5.74, 6) is 0. The van der Waals surface area contributed by atoms with E-state index in [1.54, 1.807) is 0 Å². The van der Waals surface area contributed by atoms with Crippen molar-refractivity contribution in [2.45, 2.75) is 13.0 Å². The van der Waals surface area contributed by atoms with Gasteiger partial charge in [0.2, 0.25) is 0 Å². The fourth-order valence-corrected chi connectivity index (χ4v) is 0.375. The molecule has 0 spiro atoms. The van der Waals surface area contributed by atoms with Gasteiger partial charge in [-0.25, -0.2) is 0 Å². The first-order valence-corrected chi connectivity index (χ1v) is 3.98. The summed E-state index contributed by atoms with van der Waals surface area (Å²) in [5, 5.41) is 27.3. The van der Waals surface area contributed by atoms with Crippen molar-refractivity contribution < 1.29 is 15.3 Å². The van der Waals surface area contributed by atoms with Crippen LogP contribution in [0.2, 0.25) is 0 Å². The molecule has 5 nitrogen and oxygen atoms in total. The van der Waals surface area contributed by atoms with E-state index in [9.17, 15) is 0 Å². The molecule has 0 aliphatic carbocycles. The molecule has 0 bridgehead atoms. The molecule has 12 heavy (non-hydrogen) atoms. The number of hydrogen-bond acceptors (Lipinski definition) is 5. The van der Waals surface area contributed by atoms with Gasteiger partial charge in [0.05, 0.1) is 19.8 Å². The second kappa shape index (κ2) is 13.4. The van der Waals surface area contributed by atoms with E-state index >= 15 is 0 Å². The number of rotatable bonds is 5. The van der Waals surface area contributed by atoms with Gasteiger partial charge in [-0.3, -0.25) is 0 Å². The fourth-order valence-electron chi connectivity index (χ4n) is 0.375. The Labute approximate surface area is 73.2 Å². The van der Waals surface area contributed by atoms with E-state index < -0.39 is 0 Å². The van der Waals surface area contributed by atoms with E-state index in [1.165, 1.54) is 0 Å². The lowest BCUT2D eigenvalue weighted by Gasteiger charge is -2.07. The van der Waals surface area contributed by atoms with Gasteiger partial charge in [0.15, 0.2) is 0 Å². The van der Waals surface area contributed by atoms with Gasteiger partial charge < -0.3 is 26.4 Å². The van der Waals surface area contributed by atoms with Gasteiger partial charge in [0.25, 0.3) is 0 Å². The average molecular weight is 180 g/mol. The van der Waals surface area contributed by atoms with Crippen LogP contribution in [0.1, 0.15) is 6.92 Å². The fraction of sp³-hybridized carbons (Fsp3) is 1.00. The normalized spacial score (nSPS) is 11.8. The molecule has 0 saturated heterocycles. The molecular weight excluding hydrogens is 160 g/mol. The molecule has 0 saturated carbocycles. The van der Waals surface area contributed by atoms with E-state index in [-0.39, 0.29) is 25.9 Å². The van der Waals surface area contributed by atoms with Gasteiger partial charge in [0.1, 0.15) is 0 Å². The third-order valence-electron chi connectivity index (χ3n) is 1.01. The van der Waals surface area contributed by atoms with Crippen molar-refractivity contribution >= 4 is 0 Å². The number of aliphatic hydroxyl groups is 3. The molecule has 0 aliphatic heterocycles. The summed E-state index contributed by atoms with van der Waals surface area (Å²) in [4.78, 5) is 0. The molecule has 6 N–H and O–H groups in total. The Kier molecular flexibility index (Phi) is 16.0. The minimum absolute atomic E-state index is 0.0972. The van der Waals surface area contributed by atoms with Crippen LogP contribution in [0.25, 0.3) is 0 Å². The highest BCUT2D eigenvalue weighted by Gasteiger charge is 1.93. The van der Waals surface area contributed by atoms with Crippen LogP contribution in [-0.4, -0.2) is 54.3 Å². The zero-order chi connectivity index (χ0) is 9.82. The standard InChI is InChI=1S/C5H13NO2.C2H7NO/c1-5(4-8)6-2-3-7;3-1-2-4/h5-8H,2-4H2,1H3;4H,1-3H2. The number of hydrogen-bond donors (Lipinski definition) is 5. The number of aliphatic hydroxyl groups excluding tert-OH is 3. The van der Waals surface area contributed by atoms with Crippen molar-refractivity contribution in [3.05, 3.63) is 0 Å². The molecule has 0 radical (unpaired) electrons. The zero-order valence-corrected chi connectivity index (χ0v) is 7.53. The molecule has 0 fully saturated rings. The molecule has 1 atom stereocenters. The molecule has 0 aliphatic rings. The average Bonchev–Trinajstić information content (AvgIpc) is 2.14. The maximum Gasteiger partial charge on any atom is 0.0581 e. The summed E-state index contributed by atoms with van der Waals surface area (Å²) in [5.41, 5.74) is 4.78. The second-order valence-electron chi connectivity index (χ2n) is 2.27. The monoisotopic (exact) mass is 180 g/mol. The largest absolute Gasteiger partial charge is 0.395 e. The predicted molar refractivity (Wildman–Crippen MR) is 47.8 cm³/mol. The van der Waals surface area contributed by atoms with Crippen LogP contribution < -0.4 is 11.1 Å². The van der Waals surface area contributed by atoms with Crippen LogP contribution in [0, 0.1) is 0 Å². The Hall–Kier alpha value is -0.200. The van der Waals surface area contributed by atoms with Gasteiger partial charge in [-0.15, -0.1) is 0 Å². The summed E-state index contributed by atoms with van der Waals surface area (Å²) in [6.45, 7) is 3.14. The quantitative estimate of drug-likeness (QED) is 0.333. The molecule has 0 amide bonds. The van der Waals surface area contributed by atoms with Crippen molar-refractivity contribution in [2.24, 2.45) is 5.73 Å². The van der Waals surface area contributed by atoms with Crippen LogP contribution in [0.4, 0.5) is 0 Å². The highest BCUT2D eigenvalue weighted by molar-refractivity contribution is 4.55. The molecule has 0 aromatic heterocycles. The molecule has 5 heteroatoms. The molecule has 76 valence electrons. The van der Waals surface area contributed by atoms with Gasteiger partial charge in [-0.2, -0.15) is 0 Å². The number of nitrogens with one attached hydrogen (secondary N) is 1. The van der Waals surface area contributed by atoms with Crippen LogP contribution in [0.15, 0.2) is 0 Å². The van der Waals surface area contributed by atoms with E-state index in [2.05, 4.69) is 5.32 Å². The lowest BCUT2D eigenvalue weighted by Crippen LogP contribution is -2.31. The highest BCUT2D eigenvalue weighted by Crippen LogP contribution is 1.74. The SMILES string of the molecule is CC(CO)NCCO.NCCO. The van der Waals surface area contributed by atoms with Crippen LogP contribution >= 0.6 is 0 Å². The Balaban J connectivity index is 0. The predicted octanol–water partition coefficient (Wildman–Crippen LogP) is -2.11. The molecule has 0 rings (SSSR count). The molecule has 0 heterocycles. The maximum absolute atomic E-state index is 8.42. The van der Waals surface area contributed by atoms with Crippen LogP contribution in [0.5, 0.6) is 0 Å². The van der Waals surface area contributed by atoms with E-state index in [0.29, 0.717) is 13.1 Å². The maximum atomic E-state index is 8.42. The van der Waals surface area contributed by atoms with E-state index in [0.717, 1.165) is 0 Å². The highest BCUT2D eigenvalue weighted by atomic mass is 16.3. The Morgan fingerprint density at radius 1 is 1.25 bits per heavy atom. The summed E-state index contributed by atoms with van der Waals surface area (Å²) < 4.78 is 0. The molecule has 0 aromatic rings. The molecule has 0 aromatic carbocycles. The van der Waals surface area contributed by atoms with Crippen molar-refractivity contribution in [1.82, 2.24) is 5.32 Å². The lowest BCUT2D eigenvalue weighted by molar-refractivity contribution is 0.234. The smallest absolute Gasteiger partial charge is 0.0581 e. The lowest BCUT2D eigenvalue weighted by atomic mass is 10.4. The summed E-state index contributed by atoms with van der Waals surface area (Å²) in [6.07, 6.45) is 0. The molecular formula is C7H20N2O3. The Morgan fingerprint density at radius 2 is 1.75 bits per heavy atom. The van der Waals surface area contributed by atoms with Gasteiger partial charge in [-0.1, -0.05) is 0 Å². The van der Waals surface area contributed by atoms with Crippen molar-refractivity contribution in [3.8, 4) is 0 Å². The van der Waals surface area contributed by atoms with Crippen LogP contribution in [-0.2, 0) is 0 Å². The summed E-state index contributed by atoms with van der Waals surface area (Å²) >= 11 is 0. The topological polar surface area (TPSA) is 98.7 Å². The van der Waals surface area contributed by atoms with Gasteiger partial charge in [-0.05, 0) is 6.92 Å². The van der Waals surface area contributed by atoms with Crippen molar-refractivity contribution in [2.75, 3.05) is 32.9 Å². The first kappa shape index (κ1) is 14.3. The second-order valence-corrected chi connectivity index (χ2v) is 2.27. The third-order valence-corrected chi connectivity index (χ3v) is 1.01.